The molecule has 0 spiro atoms. The van der Waals surface area contributed by atoms with Gasteiger partial charge >= 0.3 is 0 Å². The molecule has 0 unspecified atom stereocenters. The van der Waals surface area contributed by atoms with Crippen molar-refractivity contribution in [3.05, 3.63) is 30.3 Å². The van der Waals surface area contributed by atoms with Gasteiger partial charge in [-0.1, -0.05) is 30.3 Å². The maximum Gasteiger partial charge on any atom is 0.243 e. The third-order valence-corrected chi connectivity index (χ3v) is 5.84. The fourth-order valence-corrected chi connectivity index (χ4v) is 4.37. The quantitative estimate of drug-likeness (QED) is 0.815. The molecule has 1 aromatic carbocycles. The predicted octanol–water partition coefficient (Wildman–Crippen LogP) is 2.01. The summed E-state index contributed by atoms with van der Waals surface area (Å²) in [5, 5.41) is 13.5. The molecule has 0 radical (unpaired) electrons. The van der Waals surface area contributed by atoms with Crippen LogP contribution >= 0.6 is 11.5 Å². The van der Waals surface area contributed by atoms with E-state index in [0.717, 1.165) is 38.2 Å². The number of hydrogen-bond donors (Lipinski definition) is 2. The number of nitrogens with zero attached hydrogens (tertiary/aromatic N) is 3. The van der Waals surface area contributed by atoms with Gasteiger partial charge in [-0.15, -0.1) is 0 Å². The summed E-state index contributed by atoms with van der Waals surface area (Å²) in [6, 6.07) is 9.36. The first kappa shape index (κ1) is 18.5. The number of β-amino-alcohol motifs (C(OH)–C–C–N with tert-alkyl or cyclic N) is 1. The van der Waals surface area contributed by atoms with Crippen LogP contribution in [-0.2, 0) is 9.53 Å². The zero-order valence-corrected chi connectivity index (χ0v) is 15.9. The van der Waals surface area contributed by atoms with E-state index in [0.29, 0.717) is 29.8 Å². The average Bonchev–Trinajstić information content (AvgIpc) is 3.30. The summed E-state index contributed by atoms with van der Waals surface area (Å²) >= 11 is 1.18. The molecular weight excluding hydrogens is 364 g/mol. The molecule has 144 valence electrons. The van der Waals surface area contributed by atoms with E-state index < -0.39 is 6.10 Å². The highest BCUT2D eigenvalue weighted by Gasteiger charge is 2.37. The summed E-state index contributed by atoms with van der Waals surface area (Å²) < 4.78 is 9.75. The molecule has 0 aliphatic carbocycles. The van der Waals surface area contributed by atoms with Crippen LogP contribution in [0.2, 0.25) is 0 Å². The van der Waals surface area contributed by atoms with E-state index >= 15 is 0 Å². The monoisotopic (exact) mass is 388 g/mol. The number of benzene rings is 1. The van der Waals surface area contributed by atoms with Gasteiger partial charge in [0.25, 0.3) is 0 Å². The lowest BCUT2D eigenvalue weighted by Gasteiger charge is -2.29. The summed E-state index contributed by atoms with van der Waals surface area (Å²) in [6.45, 7) is 2.93. The van der Waals surface area contributed by atoms with Crippen LogP contribution in [0.3, 0.4) is 0 Å². The van der Waals surface area contributed by atoms with Crippen LogP contribution in [0.5, 0.6) is 0 Å². The molecule has 1 aromatic heterocycles. The zero-order valence-electron chi connectivity index (χ0n) is 15.1. The second-order valence-corrected chi connectivity index (χ2v) is 7.95. The number of rotatable bonds is 5. The number of aliphatic hydroxyl groups excluding tert-OH is 1. The first-order valence-corrected chi connectivity index (χ1v) is 10.2. The molecule has 0 bridgehead atoms. The van der Waals surface area contributed by atoms with E-state index in [1.807, 2.05) is 30.3 Å². The summed E-state index contributed by atoms with van der Waals surface area (Å²) in [6.07, 6.45) is 2.02. The molecule has 27 heavy (non-hydrogen) atoms. The van der Waals surface area contributed by atoms with E-state index in [1.54, 1.807) is 0 Å². The van der Waals surface area contributed by atoms with Gasteiger partial charge in [0.05, 0.1) is 12.1 Å². The van der Waals surface area contributed by atoms with Crippen molar-refractivity contribution in [2.75, 3.05) is 31.6 Å². The van der Waals surface area contributed by atoms with Crippen molar-refractivity contribution >= 4 is 22.6 Å². The van der Waals surface area contributed by atoms with E-state index in [1.165, 1.54) is 11.5 Å². The minimum atomic E-state index is -0.463. The molecule has 3 heterocycles. The van der Waals surface area contributed by atoms with Gasteiger partial charge in [0.1, 0.15) is 0 Å². The van der Waals surface area contributed by atoms with E-state index in [-0.39, 0.29) is 11.9 Å². The second-order valence-electron chi connectivity index (χ2n) is 7.19. The molecule has 2 saturated heterocycles. The van der Waals surface area contributed by atoms with Gasteiger partial charge in [-0.2, -0.15) is 9.36 Å². The predicted molar refractivity (Wildman–Crippen MR) is 104 cm³/mol. The molecule has 7 nitrogen and oxygen atoms in total. The molecular formula is C19H24N4O3S. The lowest BCUT2D eigenvalue weighted by molar-refractivity contribution is -0.120. The minimum Gasteiger partial charge on any atom is -0.392 e. The third-order valence-electron chi connectivity index (χ3n) is 5.21. The van der Waals surface area contributed by atoms with E-state index in [9.17, 15) is 9.90 Å². The Bertz CT molecular complexity index is 763. The standard InChI is InChI=1S/C19H24N4O3S/c24-15-10-16(23(12-15)11-13-6-8-26-9-7-13)18(25)21-19-20-17(22-27-19)14-4-2-1-3-5-14/h1-5,13,15-16,24H,6-12H2,(H,20,21,22,25)/t15-,16+/m1/s1. The van der Waals surface area contributed by atoms with Crippen LogP contribution < -0.4 is 5.32 Å². The number of aliphatic hydroxyl groups is 1. The summed E-state index contributed by atoms with van der Waals surface area (Å²) in [5.74, 6) is 1.02. The Labute approximate surface area is 162 Å². The number of amides is 1. The van der Waals surface area contributed by atoms with Crippen LogP contribution in [0.25, 0.3) is 11.4 Å². The lowest BCUT2D eigenvalue weighted by atomic mass is 9.99. The largest absolute Gasteiger partial charge is 0.392 e. The minimum absolute atomic E-state index is 0.116. The average molecular weight is 388 g/mol. The SMILES string of the molecule is O=C(Nc1nc(-c2ccccc2)ns1)[C@@H]1C[C@@H](O)CN1CC1CCOCC1. The number of ether oxygens (including phenoxy) is 1. The van der Waals surface area contributed by atoms with Gasteiger partial charge in [-0.3, -0.25) is 15.0 Å². The maximum absolute atomic E-state index is 12.8. The number of nitrogens with one attached hydrogen (secondary N) is 1. The molecule has 2 atom stereocenters. The Morgan fingerprint density at radius 3 is 2.85 bits per heavy atom. The third kappa shape index (κ3) is 4.52. The second kappa shape index (κ2) is 8.43. The Kier molecular flexibility index (Phi) is 5.77. The lowest BCUT2D eigenvalue weighted by Crippen LogP contribution is -2.42. The van der Waals surface area contributed by atoms with Gasteiger partial charge in [-0.25, -0.2) is 0 Å². The van der Waals surface area contributed by atoms with Crippen molar-refractivity contribution in [3.8, 4) is 11.4 Å². The number of carbonyl (C=O) groups excluding carboxylic acids is 1. The molecule has 2 fully saturated rings. The highest BCUT2D eigenvalue weighted by atomic mass is 32.1. The molecule has 2 aliphatic heterocycles. The zero-order chi connectivity index (χ0) is 18.6. The number of anilines is 1. The van der Waals surface area contributed by atoms with Crippen molar-refractivity contribution < 1.29 is 14.6 Å². The molecule has 8 heteroatoms. The number of carbonyl (C=O) groups is 1. The molecule has 2 aromatic rings. The van der Waals surface area contributed by atoms with Crippen molar-refractivity contribution in [1.82, 2.24) is 14.3 Å². The topological polar surface area (TPSA) is 87.6 Å². The Balaban J connectivity index is 1.40. The number of aromatic nitrogens is 2. The highest BCUT2D eigenvalue weighted by Crippen LogP contribution is 2.26. The Hall–Kier alpha value is -1.87. The van der Waals surface area contributed by atoms with Crippen LogP contribution in [0, 0.1) is 5.92 Å². The first-order chi connectivity index (χ1) is 13.2. The van der Waals surface area contributed by atoms with Gasteiger partial charge < -0.3 is 9.84 Å². The molecule has 2 aliphatic rings. The normalized spacial score (nSPS) is 24.2. The van der Waals surface area contributed by atoms with Gasteiger partial charge in [0.15, 0.2) is 5.82 Å². The van der Waals surface area contributed by atoms with E-state index in [4.69, 9.17) is 4.74 Å². The first-order valence-electron chi connectivity index (χ1n) is 9.39. The number of hydrogen-bond acceptors (Lipinski definition) is 7. The fraction of sp³-hybridized carbons (Fsp3) is 0.526. The number of likely N-dealkylation sites (tertiary alicyclic amines) is 1. The van der Waals surface area contributed by atoms with Crippen LogP contribution in [-0.4, -0.2) is 63.7 Å². The van der Waals surface area contributed by atoms with Gasteiger partial charge in [-0.05, 0) is 25.2 Å². The molecule has 0 saturated carbocycles. The molecule has 4 rings (SSSR count). The Morgan fingerprint density at radius 1 is 1.30 bits per heavy atom. The summed E-state index contributed by atoms with van der Waals surface area (Å²) in [7, 11) is 0. The smallest absolute Gasteiger partial charge is 0.243 e. The van der Waals surface area contributed by atoms with Gasteiger partial charge in [0.2, 0.25) is 11.0 Å². The van der Waals surface area contributed by atoms with Crippen molar-refractivity contribution in [2.24, 2.45) is 5.92 Å². The highest BCUT2D eigenvalue weighted by molar-refractivity contribution is 7.10. The van der Waals surface area contributed by atoms with Crippen LogP contribution in [0.15, 0.2) is 30.3 Å². The Morgan fingerprint density at radius 2 is 2.07 bits per heavy atom. The van der Waals surface area contributed by atoms with E-state index in [2.05, 4.69) is 19.6 Å². The van der Waals surface area contributed by atoms with Crippen LogP contribution in [0.4, 0.5) is 5.13 Å². The summed E-state index contributed by atoms with van der Waals surface area (Å²) in [4.78, 5) is 19.3. The van der Waals surface area contributed by atoms with Crippen molar-refractivity contribution in [2.45, 2.75) is 31.4 Å². The maximum atomic E-state index is 12.8. The van der Waals surface area contributed by atoms with Gasteiger partial charge in [0, 0.05) is 43.4 Å². The fourth-order valence-electron chi connectivity index (χ4n) is 3.78. The van der Waals surface area contributed by atoms with Crippen molar-refractivity contribution in [3.63, 3.8) is 0 Å². The molecule has 1 amide bonds. The molecule has 2 N–H and O–H groups in total. The van der Waals surface area contributed by atoms with Crippen LogP contribution in [0.1, 0.15) is 19.3 Å². The van der Waals surface area contributed by atoms with Crippen molar-refractivity contribution in [1.29, 1.82) is 0 Å². The summed E-state index contributed by atoms with van der Waals surface area (Å²) in [5.41, 5.74) is 0.923.